The van der Waals surface area contributed by atoms with Gasteiger partial charge < -0.3 is 0 Å². The molecule has 0 saturated carbocycles. The first-order valence-corrected chi connectivity index (χ1v) is 6.12. The normalized spacial score (nSPS) is 23.9. The van der Waals surface area contributed by atoms with Gasteiger partial charge in [-0.3, -0.25) is 4.90 Å². The summed E-state index contributed by atoms with van der Waals surface area (Å²) in [6, 6.07) is 3.01. The molecule has 0 bridgehead atoms. The molecule has 2 rings (SSSR count). The predicted molar refractivity (Wildman–Crippen MR) is 58.2 cm³/mol. The molecule has 2 heteroatoms. The van der Waals surface area contributed by atoms with E-state index < -0.39 is 0 Å². The first-order chi connectivity index (χ1) is 6.42. The molecule has 1 unspecified atom stereocenters. The van der Waals surface area contributed by atoms with Crippen molar-refractivity contribution >= 4 is 11.3 Å². The second kappa shape index (κ2) is 4.25. The maximum absolute atomic E-state index is 2.63. The molecule has 0 amide bonds. The minimum absolute atomic E-state index is 0.728. The van der Waals surface area contributed by atoms with Crippen molar-refractivity contribution in [1.29, 1.82) is 0 Å². The lowest BCUT2D eigenvalue weighted by molar-refractivity contribution is 0.258. The van der Waals surface area contributed by atoms with Gasteiger partial charge in [0.2, 0.25) is 0 Å². The summed E-state index contributed by atoms with van der Waals surface area (Å²) in [5.41, 5.74) is 1.54. The van der Waals surface area contributed by atoms with E-state index >= 15 is 0 Å². The fraction of sp³-hybridized carbons (Fsp3) is 0.636. The summed E-state index contributed by atoms with van der Waals surface area (Å²) in [5, 5.41) is 4.50. The average Bonchev–Trinajstić information content (AvgIpc) is 2.71. The Morgan fingerprint density at radius 1 is 1.62 bits per heavy atom. The monoisotopic (exact) mass is 195 g/mol. The third-order valence-corrected chi connectivity index (χ3v) is 3.50. The zero-order chi connectivity index (χ0) is 9.10. The summed E-state index contributed by atoms with van der Waals surface area (Å²) >= 11 is 1.82. The highest BCUT2D eigenvalue weighted by atomic mass is 32.1. The van der Waals surface area contributed by atoms with Crippen LogP contribution in [0.2, 0.25) is 0 Å². The van der Waals surface area contributed by atoms with E-state index in [1.165, 1.54) is 37.9 Å². The highest BCUT2D eigenvalue weighted by molar-refractivity contribution is 7.07. The fourth-order valence-corrected chi connectivity index (χ4v) is 2.93. The molecule has 2 heterocycles. The van der Waals surface area contributed by atoms with Crippen molar-refractivity contribution in [3.63, 3.8) is 0 Å². The molecule has 1 fully saturated rings. The molecule has 1 aliphatic rings. The van der Waals surface area contributed by atoms with E-state index in [1.54, 1.807) is 0 Å². The predicted octanol–water partition coefficient (Wildman–Crippen LogP) is 3.30. The highest BCUT2D eigenvalue weighted by Crippen LogP contribution is 2.32. The first kappa shape index (κ1) is 9.22. The van der Waals surface area contributed by atoms with Crippen LogP contribution in [-0.2, 0) is 0 Å². The van der Waals surface area contributed by atoms with Crippen molar-refractivity contribution in [3.8, 4) is 0 Å². The Kier molecular flexibility index (Phi) is 3.01. The number of nitrogens with zero attached hydrogens (tertiary/aromatic N) is 1. The minimum atomic E-state index is 0.728. The second-order valence-corrected chi connectivity index (χ2v) is 4.53. The molecule has 72 valence electrons. The van der Waals surface area contributed by atoms with Crippen molar-refractivity contribution in [1.82, 2.24) is 4.90 Å². The summed E-state index contributed by atoms with van der Waals surface area (Å²) in [6.45, 7) is 4.83. The van der Waals surface area contributed by atoms with E-state index in [-0.39, 0.29) is 0 Å². The molecule has 0 aromatic carbocycles. The Bertz CT molecular complexity index is 243. The van der Waals surface area contributed by atoms with E-state index in [2.05, 4.69) is 28.7 Å². The smallest absolute Gasteiger partial charge is 0.0356 e. The molecule has 1 aromatic heterocycles. The maximum atomic E-state index is 2.63. The third-order valence-electron chi connectivity index (χ3n) is 2.80. The van der Waals surface area contributed by atoms with Crippen LogP contribution in [0.1, 0.15) is 37.8 Å². The minimum Gasteiger partial charge on any atom is -0.296 e. The Hall–Kier alpha value is -0.340. The second-order valence-electron chi connectivity index (χ2n) is 3.75. The van der Waals surface area contributed by atoms with Gasteiger partial charge in [0.25, 0.3) is 0 Å². The Morgan fingerprint density at radius 3 is 3.23 bits per heavy atom. The van der Waals surface area contributed by atoms with Crippen LogP contribution in [0.5, 0.6) is 0 Å². The van der Waals surface area contributed by atoms with E-state index in [9.17, 15) is 0 Å². The third kappa shape index (κ3) is 1.94. The number of hydrogen-bond acceptors (Lipinski definition) is 2. The van der Waals surface area contributed by atoms with Gasteiger partial charge in [0, 0.05) is 6.04 Å². The topological polar surface area (TPSA) is 3.24 Å². The molecule has 1 nitrogen and oxygen atoms in total. The van der Waals surface area contributed by atoms with E-state index in [0.717, 1.165) is 6.04 Å². The van der Waals surface area contributed by atoms with Crippen molar-refractivity contribution in [2.45, 2.75) is 32.2 Å². The Labute approximate surface area is 84.4 Å². The molecular formula is C11H17NS. The molecule has 0 N–H and O–H groups in total. The molecule has 1 saturated heterocycles. The van der Waals surface area contributed by atoms with Crippen molar-refractivity contribution < 1.29 is 0 Å². The lowest BCUT2D eigenvalue weighted by Gasteiger charge is -2.22. The first-order valence-electron chi connectivity index (χ1n) is 5.18. The van der Waals surface area contributed by atoms with Gasteiger partial charge in [0.15, 0.2) is 0 Å². The van der Waals surface area contributed by atoms with E-state index in [4.69, 9.17) is 0 Å². The van der Waals surface area contributed by atoms with Gasteiger partial charge >= 0.3 is 0 Å². The van der Waals surface area contributed by atoms with Crippen LogP contribution >= 0.6 is 11.3 Å². The molecule has 13 heavy (non-hydrogen) atoms. The lowest BCUT2D eigenvalue weighted by atomic mass is 10.1. The van der Waals surface area contributed by atoms with Crippen LogP contribution in [0.4, 0.5) is 0 Å². The number of hydrogen-bond donors (Lipinski definition) is 0. The van der Waals surface area contributed by atoms with Crippen molar-refractivity contribution in [2.75, 3.05) is 13.1 Å². The van der Waals surface area contributed by atoms with Crippen molar-refractivity contribution in [3.05, 3.63) is 22.4 Å². The molecular weight excluding hydrogens is 178 g/mol. The van der Waals surface area contributed by atoms with Gasteiger partial charge in [-0.25, -0.2) is 0 Å². The summed E-state index contributed by atoms with van der Waals surface area (Å²) in [5.74, 6) is 0. The van der Waals surface area contributed by atoms with Crippen LogP contribution in [0.25, 0.3) is 0 Å². The lowest BCUT2D eigenvalue weighted by Crippen LogP contribution is -2.23. The molecule has 0 spiro atoms. The molecule has 1 atom stereocenters. The maximum Gasteiger partial charge on any atom is 0.0356 e. The van der Waals surface area contributed by atoms with Gasteiger partial charge in [-0.15, -0.1) is 0 Å². The number of thiophene rings is 1. The van der Waals surface area contributed by atoms with Gasteiger partial charge in [0.05, 0.1) is 0 Å². The zero-order valence-electron chi connectivity index (χ0n) is 8.20. The van der Waals surface area contributed by atoms with Crippen LogP contribution in [0.3, 0.4) is 0 Å². The number of rotatable bonds is 3. The largest absolute Gasteiger partial charge is 0.296 e. The standard InChI is InChI=1S/C11H17NS/c1-2-6-12-7-3-4-11(12)10-5-8-13-9-10/h5,8-9,11H,2-4,6-7H2,1H3. The molecule has 1 aliphatic heterocycles. The SMILES string of the molecule is CCCN1CCCC1c1ccsc1. The van der Waals surface area contributed by atoms with Crippen LogP contribution < -0.4 is 0 Å². The molecule has 1 aromatic rings. The zero-order valence-corrected chi connectivity index (χ0v) is 9.02. The van der Waals surface area contributed by atoms with Crippen LogP contribution in [0, 0.1) is 0 Å². The molecule has 0 radical (unpaired) electrons. The summed E-state index contributed by atoms with van der Waals surface area (Å²) in [6.07, 6.45) is 4.01. The summed E-state index contributed by atoms with van der Waals surface area (Å²) < 4.78 is 0. The Balaban J connectivity index is 2.05. The van der Waals surface area contributed by atoms with Gasteiger partial charge in [0.1, 0.15) is 0 Å². The number of likely N-dealkylation sites (tertiary alicyclic amines) is 1. The summed E-state index contributed by atoms with van der Waals surface area (Å²) in [4.78, 5) is 2.63. The van der Waals surface area contributed by atoms with Crippen LogP contribution in [-0.4, -0.2) is 18.0 Å². The summed E-state index contributed by atoms with van der Waals surface area (Å²) in [7, 11) is 0. The highest BCUT2D eigenvalue weighted by Gasteiger charge is 2.24. The van der Waals surface area contributed by atoms with Crippen LogP contribution in [0.15, 0.2) is 16.8 Å². The molecule has 0 aliphatic carbocycles. The fourth-order valence-electron chi connectivity index (χ4n) is 2.22. The Morgan fingerprint density at radius 2 is 2.54 bits per heavy atom. The average molecular weight is 195 g/mol. The van der Waals surface area contributed by atoms with E-state index in [0.29, 0.717) is 0 Å². The quantitative estimate of drug-likeness (QED) is 0.715. The van der Waals surface area contributed by atoms with Gasteiger partial charge in [-0.05, 0) is 54.7 Å². The van der Waals surface area contributed by atoms with Crippen molar-refractivity contribution in [2.24, 2.45) is 0 Å². The van der Waals surface area contributed by atoms with Gasteiger partial charge in [-0.2, -0.15) is 11.3 Å². The van der Waals surface area contributed by atoms with E-state index in [1.807, 2.05) is 11.3 Å². The van der Waals surface area contributed by atoms with Gasteiger partial charge in [-0.1, -0.05) is 6.92 Å².